The highest BCUT2D eigenvalue weighted by Gasteiger charge is 2.22. The van der Waals surface area contributed by atoms with E-state index in [0.29, 0.717) is 11.8 Å². The zero-order chi connectivity index (χ0) is 15.2. The lowest BCUT2D eigenvalue weighted by atomic mass is 9.82. The molecule has 0 radical (unpaired) electrons. The molecule has 0 amide bonds. The van der Waals surface area contributed by atoms with Gasteiger partial charge in [-0.2, -0.15) is 0 Å². The summed E-state index contributed by atoms with van der Waals surface area (Å²) < 4.78 is 0. The van der Waals surface area contributed by atoms with E-state index in [1.54, 1.807) is 0 Å². The molecule has 1 aromatic rings. The van der Waals surface area contributed by atoms with Crippen molar-refractivity contribution in [2.75, 3.05) is 20.1 Å². The van der Waals surface area contributed by atoms with Crippen LogP contribution in [0.25, 0.3) is 0 Å². The van der Waals surface area contributed by atoms with Gasteiger partial charge < -0.3 is 10.3 Å². The van der Waals surface area contributed by atoms with Gasteiger partial charge in [0, 0.05) is 12.1 Å². The molecular weight excluding hydrogens is 256 g/mol. The zero-order valence-electron chi connectivity index (χ0n) is 13.6. The summed E-state index contributed by atoms with van der Waals surface area (Å²) in [5.41, 5.74) is 3.44. The average Bonchev–Trinajstić information content (AvgIpc) is 2.47. The number of hydrogen-bond donors (Lipinski definition) is 1. The summed E-state index contributed by atoms with van der Waals surface area (Å²) in [7, 11) is 2.20. The molecule has 21 heavy (non-hydrogen) atoms. The van der Waals surface area contributed by atoms with Crippen LogP contribution in [0.15, 0.2) is 42.0 Å². The first-order chi connectivity index (χ1) is 10.1. The van der Waals surface area contributed by atoms with Crippen LogP contribution >= 0.6 is 0 Å². The molecule has 1 aromatic carbocycles. The molecule has 1 fully saturated rings. The molecule has 0 atom stereocenters. The number of nitrogens with one attached hydrogen (secondary N) is 1. The summed E-state index contributed by atoms with van der Waals surface area (Å²) in [6, 6.07) is 10.3. The molecule has 2 rings (SSSR count). The minimum absolute atomic E-state index is 0.537. The third-order valence-corrected chi connectivity index (χ3v) is 4.43. The van der Waals surface area contributed by atoms with Crippen molar-refractivity contribution in [2.45, 2.75) is 33.1 Å². The molecule has 0 unspecified atom stereocenters. The van der Waals surface area contributed by atoms with E-state index in [4.69, 9.17) is 5.41 Å². The van der Waals surface area contributed by atoms with Crippen molar-refractivity contribution in [1.82, 2.24) is 4.90 Å². The maximum Gasteiger partial charge on any atom is 0.0357 e. The Hall–Kier alpha value is -1.41. The van der Waals surface area contributed by atoms with Crippen molar-refractivity contribution in [3.63, 3.8) is 0 Å². The first-order valence-electron chi connectivity index (χ1n) is 8.07. The predicted octanol–water partition coefficient (Wildman–Crippen LogP) is 4.17. The molecule has 0 aromatic heterocycles. The van der Waals surface area contributed by atoms with Crippen LogP contribution in [-0.4, -0.2) is 30.7 Å². The van der Waals surface area contributed by atoms with Crippen LogP contribution in [0, 0.1) is 17.2 Å². The van der Waals surface area contributed by atoms with E-state index in [0.717, 1.165) is 12.1 Å². The molecule has 114 valence electrons. The van der Waals surface area contributed by atoms with E-state index < -0.39 is 0 Å². The van der Waals surface area contributed by atoms with Crippen LogP contribution in [-0.2, 0) is 6.42 Å². The molecular formula is C19H28N2. The summed E-state index contributed by atoms with van der Waals surface area (Å²) in [5.74, 6) is 1.20. The summed E-state index contributed by atoms with van der Waals surface area (Å²) in [6.45, 7) is 6.89. The summed E-state index contributed by atoms with van der Waals surface area (Å²) in [6.07, 6.45) is 5.37. The Labute approximate surface area is 129 Å². The van der Waals surface area contributed by atoms with Crippen molar-refractivity contribution in [3.05, 3.63) is 47.5 Å². The lowest BCUT2D eigenvalue weighted by molar-refractivity contribution is 0.232. The highest BCUT2D eigenvalue weighted by molar-refractivity contribution is 5.94. The molecule has 1 aliphatic heterocycles. The summed E-state index contributed by atoms with van der Waals surface area (Å²) >= 11 is 0. The number of rotatable bonds is 5. The normalized spacial score (nSPS) is 18.2. The van der Waals surface area contributed by atoms with E-state index >= 15 is 0 Å². The Morgan fingerprint density at radius 3 is 2.43 bits per heavy atom. The Morgan fingerprint density at radius 1 is 1.24 bits per heavy atom. The second kappa shape index (κ2) is 7.56. The SMILES string of the molecule is CC(C)/C(=C\C(=N)Cc1ccccc1)C1CCN(C)CC1. The van der Waals surface area contributed by atoms with Gasteiger partial charge in [-0.1, -0.05) is 49.8 Å². The van der Waals surface area contributed by atoms with Crippen LogP contribution in [0.4, 0.5) is 0 Å². The van der Waals surface area contributed by atoms with Gasteiger partial charge in [-0.05, 0) is 56.5 Å². The number of allylic oxidation sites excluding steroid dienone is 2. The fourth-order valence-electron chi connectivity index (χ4n) is 3.17. The predicted molar refractivity (Wildman–Crippen MR) is 91.0 cm³/mol. The van der Waals surface area contributed by atoms with E-state index in [2.05, 4.69) is 44.0 Å². The summed E-state index contributed by atoms with van der Waals surface area (Å²) in [5, 5.41) is 8.32. The molecule has 1 saturated heterocycles. The van der Waals surface area contributed by atoms with Gasteiger partial charge in [-0.25, -0.2) is 0 Å². The number of benzene rings is 1. The lowest BCUT2D eigenvalue weighted by Gasteiger charge is -2.32. The zero-order valence-corrected chi connectivity index (χ0v) is 13.6. The van der Waals surface area contributed by atoms with Crippen LogP contribution in [0.5, 0.6) is 0 Å². The fraction of sp³-hybridized carbons (Fsp3) is 0.526. The van der Waals surface area contributed by atoms with E-state index in [9.17, 15) is 0 Å². The number of hydrogen-bond acceptors (Lipinski definition) is 2. The molecule has 0 aliphatic carbocycles. The maximum atomic E-state index is 8.32. The van der Waals surface area contributed by atoms with Gasteiger partial charge in [0.05, 0.1) is 0 Å². The fourth-order valence-corrected chi connectivity index (χ4v) is 3.17. The quantitative estimate of drug-likeness (QED) is 0.807. The van der Waals surface area contributed by atoms with Crippen molar-refractivity contribution >= 4 is 5.71 Å². The second-order valence-corrected chi connectivity index (χ2v) is 6.56. The molecule has 1 N–H and O–H groups in total. The van der Waals surface area contributed by atoms with Gasteiger partial charge in [-0.3, -0.25) is 0 Å². The minimum Gasteiger partial charge on any atom is -0.306 e. The van der Waals surface area contributed by atoms with Crippen molar-refractivity contribution in [2.24, 2.45) is 11.8 Å². The largest absolute Gasteiger partial charge is 0.306 e. The molecule has 0 spiro atoms. The van der Waals surface area contributed by atoms with E-state index in [1.807, 2.05) is 18.2 Å². The van der Waals surface area contributed by atoms with Gasteiger partial charge in [0.1, 0.15) is 0 Å². The Morgan fingerprint density at radius 2 is 1.86 bits per heavy atom. The molecule has 1 heterocycles. The Bertz CT molecular complexity index is 480. The smallest absolute Gasteiger partial charge is 0.0357 e. The second-order valence-electron chi connectivity index (χ2n) is 6.56. The number of piperidine rings is 1. The minimum atomic E-state index is 0.537. The van der Waals surface area contributed by atoms with Gasteiger partial charge in [0.2, 0.25) is 0 Å². The topological polar surface area (TPSA) is 27.1 Å². The van der Waals surface area contributed by atoms with E-state index in [-0.39, 0.29) is 0 Å². The molecule has 1 aliphatic rings. The van der Waals surface area contributed by atoms with Crippen LogP contribution in [0.1, 0.15) is 32.3 Å². The van der Waals surface area contributed by atoms with Crippen LogP contribution in [0.2, 0.25) is 0 Å². The third kappa shape index (κ3) is 4.82. The highest BCUT2D eigenvalue weighted by atomic mass is 15.1. The standard InChI is InChI=1S/C19H28N2/c1-15(2)19(17-9-11-21(3)12-10-17)14-18(20)13-16-7-5-4-6-8-16/h4-8,14-15,17,20H,9-13H2,1-3H3/b19-14+,20-18?. The maximum absolute atomic E-state index is 8.32. The Balaban J connectivity index is 2.05. The monoisotopic (exact) mass is 284 g/mol. The molecule has 2 nitrogen and oxygen atoms in total. The van der Waals surface area contributed by atoms with Gasteiger partial charge in [-0.15, -0.1) is 0 Å². The average molecular weight is 284 g/mol. The van der Waals surface area contributed by atoms with Crippen molar-refractivity contribution in [1.29, 1.82) is 5.41 Å². The first kappa shape index (κ1) is 16.0. The summed E-state index contributed by atoms with van der Waals surface area (Å²) in [4.78, 5) is 2.41. The molecule has 0 bridgehead atoms. The number of likely N-dealkylation sites (tertiary alicyclic amines) is 1. The Kier molecular flexibility index (Phi) is 5.75. The van der Waals surface area contributed by atoms with E-state index in [1.165, 1.54) is 37.1 Å². The van der Waals surface area contributed by atoms with Gasteiger partial charge in [0.15, 0.2) is 0 Å². The third-order valence-electron chi connectivity index (χ3n) is 4.43. The lowest BCUT2D eigenvalue weighted by Crippen LogP contribution is -2.31. The molecule has 2 heteroatoms. The van der Waals surface area contributed by atoms with Gasteiger partial charge >= 0.3 is 0 Å². The number of nitrogens with zero attached hydrogens (tertiary/aromatic N) is 1. The first-order valence-corrected chi connectivity index (χ1v) is 8.07. The van der Waals surface area contributed by atoms with Crippen LogP contribution < -0.4 is 0 Å². The van der Waals surface area contributed by atoms with Crippen molar-refractivity contribution < 1.29 is 0 Å². The van der Waals surface area contributed by atoms with Gasteiger partial charge in [0.25, 0.3) is 0 Å². The molecule has 0 saturated carbocycles. The van der Waals surface area contributed by atoms with Crippen LogP contribution in [0.3, 0.4) is 0 Å². The highest BCUT2D eigenvalue weighted by Crippen LogP contribution is 2.29. The van der Waals surface area contributed by atoms with Crippen molar-refractivity contribution in [3.8, 4) is 0 Å².